The van der Waals surface area contributed by atoms with Crippen molar-refractivity contribution in [1.82, 2.24) is 0 Å². The molecular weight excluding hydrogens is 148 g/mol. The molecule has 0 saturated carbocycles. The molecule has 4 nitrogen and oxygen atoms in total. The lowest BCUT2D eigenvalue weighted by molar-refractivity contribution is -0.135. The first kappa shape index (κ1) is 7.53. The third kappa shape index (κ3) is 1.93. The number of ketones is 1. The average Bonchev–Trinajstić information content (AvgIpc) is 2.35. The highest BCUT2D eigenvalue weighted by Gasteiger charge is 2.12. The van der Waals surface area contributed by atoms with Gasteiger partial charge in [-0.3, -0.25) is 9.59 Å². The van der Waals surface area contributed by atoms with Crippen molar-refractivity contribution < 1.29 is 19.1 Å². The molecule has 0 aliphatic heterocycles. The quantitative estimate of drug-likeness (QED) is 0.519. The van der Waals surface area contributed by atoms with Crippen LogP contribution in [0.4, 0.5) is 0 Å². The first-order valence-corrected chi connectivity index (χ1v) is 2.98. The Labute approximate surface area is 62.4 Å². The molecular formula is C7H6O4. The lowest BCUT2D eigenvalue weighted by Crippen LogP contribution is -2.05. The topological polar surface area (TPSA) is 67.5 Å². The fourth-order valence-electron chi connectivity index (χ4n) is 0.662. The van der Waals surface area contributed by atoms with Gasteiger partial charge in [-0.2, -0.15) is 0 Å². The van der Waals surface area contributed by atoms with Crippen molar-refractivity contribution in [3.8, 4) is 0 Å². The Morgan fingerprint density at radius 1 is 1.55 bits per heavy atom. The molecule has 1 aromatic heterocycles. The molecule has 11 heavy (non-hydrogen) atoms. The summed E-state index contributed by atoms with van der Waals surface area (Å²) in [6.45, 7) is 0. The zero-order valence-corrected chi connectivity index (χ0v) is 5.61. The zero-order valence-electron chi connectivity index (χ0n) is 5.61. The largest absolute Gasteiger partial charge is 0.481 e. The molecule has 1 heterocycles. The van der Waals surface area contributed by atoms with Crippen LogP contribution in [0.25, 0.3) is 0 Å². The van der Waals surface area contributed by atoms with Crippen LogP contribution in [0.3, 0.4) is 0 Å². The smallest absolute Gasteiger partial charge is 0.311 e. The number of furan rings is 1. The molecule has 0 aliphatic rings. The van der Waals surface area contributed by atoms with E-state index in [-0.39, 0.29) is 5.76 Å². The standard InChI is InChI=1S/C7H6O4/c8-5(4-7(9)10)6-2-1-3-11-6/h1-3H,4H2,(H,9,10). The minimum Gasteiger partial charge on any atom is -0.481 e. The maximum absolute atomic E-state index is 10.8. The molecule has 0 unspecified atom stereocenters. The van der Waals surface area contributed by atoms with Gasteiger partial charge >= 0.3 is 5.97 Å². The van der Waals surface area contributed by atoms with E-state index in [4.69, 9.17) is 5.11 Å². The average molecular weight is 154 g/mol. The predicted octanol–water partition coefficient (Wildman–Crippen LogP) is 0.937. The Bertz CT molecular complexity index is 260. The molecule has 0 bridgehead atoms. The summed E-state index contributed by atoms with van der Waals surface area (Å²) in [4.78, 5) is 20.9. The molecule has 4 heteroatoms. The number of hydrogen-bond acceptors (Lipinski definition) is 3. The number of rotatable bonds is 3. The van der Waals surface area contributed by atoms with E-state index < -0.39 is 18.2 Å². The van der Waals surface area contributed by atoms with E-state index in [1.54, 1.807) is 0 Å². The fraction of sp³-hybridized carbons (Fsp3) is 0.143. The molecule has 1 N–H and O–H groups in total. The van der Waals surface area contributed by atoms with Crippen molar-refractivity contribution in [2.75, 3.05) is 0 Å². The van der Waals surface area contributed by atoms with Gasteiger partial charge in [0.25, 0.3) is 0 Å². The summed E-state index contributed by atoms with van der Waals surface area (Å²) in [5.41, 5.74) is 0. The van der Waals surface area contributed by atoms with Gasteiger partial charge in [-0.25, -0.2) is 0 Å². The van der Waals surface area contributed by atoms with Gasteiger partial charge in [0, 0.05) is 0 Å². The predicted molar refractivity (Wildman–Crippen MR) is 35.3 cm³/mol. The number of Topliss-reactive ketones (excluding diaryl/α,β-unsaturated/α-hetero) is 1. The zero-order chi connectivity index (χ0) is 8.27. The van der Waals surface area contributed by atoms with Crippen LogP contribution in [0.1, 0.15) is 17.0 Å². The normalized spacial score (nSPS) is 9.45. The maximum atomic E-state index is 10.8. The van der Waals surface area contributed by atoms with Gasteiger partial charge in [0.05, 0.1) is 6.26 Å². The summed E-state index contributed by atoms with van der Waals surface area (Å²) in [6.07, 6.45) is 0.808. The van der Waals surface area contributed by atoms with E-state index in [2.05, 4.69) is 4.42 Å². The van der Waals surface area contributed by atoms with Gasteiger partial charge in [-0.05, 0) is 12.1 Å². The molecule has 0 fully saturated rings. The van der Waals surface area contributed by atoms with Crippen LogP contribution in [0.5, 0.6) is 0 Å². The van der Waals surface area contributed by atoms with Crippen LogP contribution in [0.15, 0.2) is 22.8 Å². The van der Waals surface area contributed by atoms with Crippen LogP contribution in [0, 0.1) is 0 Å². The van der Waals surface area contributed by atoms with Gasteiger partial charge in [-0.15, -0.1) is 0 Å². The lowest BCUT2D eigenvalue weighted by atomic mass is 10.2. The number of hydrogen-bond donors (Lipinski definition) is 1. The lowest BCUT2D eigenvalue weighted by Gasteiger charge is -1.89. The Morgan fingerprint density at radius 3 is 2.73 bits per heavy atom. The van der Waals surface area contributed by atoms with Crippen molar-refractivity contribution in [2.45, 2.75) is 6.42 Å². The minimum atomic E-state index is -1.15. The van der Waals surface area contributed by atoms with E-state index in [1.165, 1.54) is 18.4 Å². The van der Waals surface area contributed by atoms with Gasteiger partial charge < -0.3 is 9.52 Å². The molecule has 0 atom stereocenters. The van der Waals surface area contributed by atoms with Gasteiger partial charge in [0.15, 0.2) is 5.76 Å². The molecule has 1 rings (SSSR count). The highest BCUT2D eigenvalue weighted by atomic mass is 16.4. The molecule has 0 radical (unpaired) electrons. The molecule has 1 aromatic rings. The van der Waals surface area contributed by atoms with Crippen molar-refractivity contribution in [3.05, 3.63) is 24.2 Å². The van der Waals surface area contributed by atoms with E-state index in [9.17, 15) is 9.59 Å². The second-order valence-electron chi connectivity index (χ2n) is 1.97. The number of carbonyl (C=O) groups excluding carboxylic acids is 1. The van der Waals surface area contributed by atoms with E-state index in [1.807, 2.05) is 0 Å². The van der Waals surface area contributed by atoms with Gasteiger partial charge in [0.1, 0.15) is 6.42 Å². The van der Waals surface area contributed by atoms with Crippen LogP contribution in [0.2, 0.25) is 0 Å². The van der Waals surface area contributed by atoms with E-state index in [0.717, 1.165) is 0 Å². The van der Waals surface area contributed by atoms with Crippen LogP contribution < -0.4 is 0 Å². The number of carbonyl (C=O) groups is 2. The monoisotopic (exact) mass is 154 g/mol. The maximum Gasteiger partial charge on any atom is 0.311 e. The Kier molecular flexibility index (Phi) is 2.06. The first-order valence-electron chi connectivity index (χ1n) is 2.98. The van der Waals surface area contributed by atoms with Crippen LogP contribution >= 0.6 is 0 Å². The Hall–Kier alpha value is -1.58. The molecule has 0 spiro atoms. The molecule has 0 saturated heterocycles. The Balaban J connectivity index is 2.64. The van der Waals surface area contributed by atoms with Crippen molar-refractivity contribution in [3.63, 3.8) is 0 Å². The molecule has 0 aromatic carbocycles. The van der Waals surface area contributed by atoms with E-state index >= 15 is 0 Å². The molecule has 58 valence electrons. The van der Waals surface area contributed by atoms with Crippen LogP contribution in [-0.2, 0) is 4.79 Å². The number of aliphatic carboxylic acids is 1. The van der Waals surface area contributed by atoms with Crippen molar-refractivity contribution in [1.29, 1.82) is 0 Å². The fourth-order valence-corrected chi connectivity index (χ4v) is 0.662. The highest BCUT2D eigenvalue weighted by Crippen LogP contribution is 2.03. The summed E-state index contributed by atoms with van der Waals surface area (Å²) in [5, 5.41) is 8.22. The van der Waals surface area contributed by atoms with E-state index in [0.29, 0.717) is 0 Å². The summed E-state index contributed by atoms with van der Waals surface area (Å²) in [7, 11) is 0. The van der Waals surface area contributed by atoms with Gasteiger partial charge in [-0.1, -0.05) is 0 Å². The SMILES string of the molecule is O=C(O)CC(=O)c1ccco1. The van der Waals surface area contributed by atoms with Crippen molar-refractivity contribution >= 4 is 11.8 Å². The molecule has 0 aliphatic carbocycles. The third-order valence-corrected chi connectivity index (χ3v) is 1.11. The van der Waals surface area contributed by atoms with Crippen LogP contribution in [-0.4, -0.2) is 16.9 Å². The highest BCUT2D eigenvalue weighted by molar-refractivity contribution is 6.03. The number of carboxylic acids is 1. The van der Waals surface area contributed by atoms with Gasteiger partial charge in [0.2, 0.25) is 5.78 Å². The summed E-state index contributed by atoms with van der Waals surface area (Å²) < 4.78 is 4.68. The second-order valence-corrected chi connectivity index (χ2v) is 1.97. The summed E-state index contributed by atoms with van der Waals surface area (Å²) >= 11 is 0. The molecule has 0 amide bonds. The number of carboxylic acid groups (broad SMARTS) is 1. The second kappa shape index (κ2) is 3.01. The summed E-state index contributed by atoms with van der Waals surface area (Å²) in [6, 6.07) is 2.97. The summed E-state index contributed by atoms with van der Waals surface area (Å²) in [5.74, 6) is -1.57. The first-order chi connectivity index (χ1) is 5.20. The third-order valence-electron chi connectivity index (χ3n) is 1.11. The minimum absolute atomic E-state index is 0.0902. The Morgan fingerprint density at radius 2 is 2.27 bits per heavy atom. The van der Waals surface area contributed by atoms with Crippen molar-refractivity contribution in [2.24, 2.45) is 0 Å².